The van der Waals surface area contributed by atoms with Gasteiger partial charge in [0.2, 0.25) is 0 Å². The number of phenols is 2. The normalized spacial score (nSPS) is 21.4. The van der Waals surface area contributed by atoms with Crippen LogP contribution in [0.2, 0.25) is 0 Å². The predicted molar refractivity (Wildman–Crippen MR) is 129 cm³/mol. The van der Waals surface area contributed by atoms with Crippen LogP contribution in [0.3, 0.4) is 0 Å². The van der Waals surface area contributed by atoms with E-state index in [-0.39, 0.29) is 41.7 Å². The van der Waals surface area contributed by atoms with E-state index in [1.807, 2.05) is 6.08 Å². The van der Waals surface area contributed by atoms with Gasteiger partial charge in [-0.25, -0.2) is 4.79 Å². The number of carbonyl (C=O) groups excluding carboxylic acids is 2. The summed E-state index contributed by atoms with van der Waals surface area (Å²) in [4.78, 5) is 32.4. The van der Waals surface area contributed by atoms with E-state index in [1.165, 1.54) is 6.07 Å². The molecule has 0 saturated carbocycles. The molecule has 34 heavy (non-hydrogen) atoms. The van der Waals surface area contributed by atoms with Gasteiger partial charge in [0.05, 0.1) is 12.3 Å². The summed E-state index contributed by atoms with van der Waals surface area (Å²) in [6.07, 6.45) is 14.9. The molecule has 1 atom stereocenters. The van der Waals surface area contributed by atoms with Crippen LogP contribution in [0.5, 0.6) is 11.5 Å². The Bertz CT molecular complexity index is 947. The molecule has 1 amide bonds. The van der Waals surface area contributed by atoms with Gasteiger partial charge in [-0.1, -0.05) is 25.2 Å². The molecule has 0 radical (unpaired) electrons. The minimum Gasteiger partial charge on any atom is -0.508 e. The maximum absolute atomic E-state index is 12.7. The van der Waals surface area contributed by atoms with E-state index in [0.717, 1.165) is 51.3 Å². The summed E-state index contributed by atoms with van der Waals surface area (Å²) in [7, 11) is 0. The first-order valence-electron chi connectivity index (χ1n) is 11.9. The molecular formula is C26H34N2O6. The van der Waals surface area contributed by atoms with Crippen molar-refractivity contribution in [2.45, 2.75) is 45.4 Å². The van der Waals surface area contributed by atoms with Crippen molar-refractivity contribution < 1.29 is 29.4 Å². The summed E-state index contributed by atoms with van der Waals surface area (Å²) in [5, 5.41) is 20.4. The van der Waals surface area contributed by atoms with Crippen molar-refractivity contribution in [1.29, 1.82) is 0 Å². The second kappa shape index (κ2) is 12.8. The third-order valence-corrected chi connectivity index (χ3v) is 5.76. The molecule has 8 nitrogen and oxygen atoms in total. The van der Waals surface area contributed by atoms with Gasteiger partial charge in [0.1, 0.15) is 17.1 Å². The zero-order valence-corrected chi connectivity index (χ0v) is 19.7. The average molecular weight is 471 g/mol. The number of ether oxygens (including phenoxy) is 1. The van der Waals surface area contributed by atoms with Gasteiger partial charge in [0.15, 0.2) is 6.61 Å². The summed E-state index contributed by atoms with van der Waals surface area (Å²) in [5.74, 6) is -1.03. The number of likely N-dealkylation sites (tertiary alicyclic amines) is 1. The van der Waals surface area contributed by atoms with E-state index in [9.17, 15) is 19.8 Å². The Morgan fingerprint density at radius 2 is 1.97 bits per heavy atom. The fraction of sp³-hybridized carbons (Fsp3) is 0.462. The number of benzene rings is 1. The van der Waals surface area contributed by atoms with E-state index in [1.54, 1.807) is 17.1 Å². The van der Waals surface area contributed by atoms with Gasteiger partial charge in [-0.3, -0.25) is 15.1 Å². The summed E-state index contributed by atoms with van der Waals surface area (Å²) < 4.78 is 5.34. The van der Waals surface area contributed by atoms with Gasteiger partial charge < -0.3 is 19.8 Å². The first-order valence-corrected chi connectivity index (χ1v) is 11.9. The monoisotopic (exact) mass is 470 g/mol. The van der Waals surface area contributed by atoms with Crippen molar-refractivity contribution in [1.82, 2.24) is 10.4 Å². The van der Waals surface area contributed by atoms with Crippen molar-refractivity contribution in [2.24, 2.45) is 5.92 Å². The second-order valence-electron chi connectivity index (χ2n) is 8.68. The minimum absolute atomic E-state index is 0.0475. The maximum atomic E-state index is 12.7. The first-order chi connectivity index (χ1) is 16.4. The van der Waals surface area contributed by atoms with E-state index in [0.29, 0.717) is 18.0 Å². The quantitative estimate of drug-likeness (QED) is 0.346. The lowest BCUT2D eigenvalue weighted by Crippen LogP contribution is -2.39. The molecule has 1 aromatic rings. The van der Waals surface area contributed by atoms with Crippen molar-refractivity contribution >= 4 is 18.0 Å². The van der Waals surface area contributed by atoms with E-state index in [4.69, 9.17) is 9.57 Å². The van der Waals surface area contributed by atoms with Gasteiger partial charge >= 0.3 is 5.97 Å². The topological polar surface area (TPSA) is 108 Å². The summed E-state index contributed by atoms with van der Waals surface area (Å²) >= 11 is 0. The molecule has 8 heteroatoms. The van der Waals surface area contributed by atoms with Crippen molar-refractivity contribution in [2.75, 3.05) is 26.3 Å². The third-order valence-electron chi connectivity index (χ3n) is 5.76. The molecular weight excluding hydrogens is 436 g/mol. The largest absolute Gasteiger partial charge is 0.508 e. The standard InChI is InChI=1S/C26H34N2O6/c1-19-9-4-2-7-14-33-26(32)25-20(16-22(29)17-23(25)30)15-21(11-8-10-19)27-34-18-24(31)28-12-5-3-6-13-28/h4,8-9,11,15-17,19,27,29-30H,2-3,5-7,10,12-14,18H2,1H3/b9-4?,11-8?,21-15-. The zero-order chi connectivity index (χ0) is 24.3. The molecule has 3 N–H and O–H groups in total. The van der Waals surface area contributed by atoms with Crippen LogP contribution in [0, 0.1) is 5.92 Å². The molecule has 1 saturated heterocycles. The average Bonchev–Trinajstić information content (AvgIpc) is 2.81. The zero-order valence-electron chi connectivity index (χ0n) is 19.7. The number of cyclic esters (lactones) is 1. The highest BCUT2D eigenvalue weighted by molar-refractivity contribution is 5.97. The van der Waals surface area contributed by atoms with Crippen molar-refractivity contribution in [3.63, 3.8) is 0 Å². The number of nitrogens with zero attached hydrogens (tertiary/aromatic N) is 1. The van der Waals surface area contributed by atoms with E-state index < -0.39 is 5.97 Å². The van der Waals surface area contributed by atoms with Crippen molar-refractivity contribution in [3.05, 3.63) is 53.3 Å². The molecule has 1 aromatic carbocycles. The van der Waals surface area contributed by atoms with Crippen molar-refractivity contribution in [3.8, 4) is 11.5 Å². The molecule has 0 aromatic heterocycles. The Kier molecular flexibility index (Phi) is 9.58. The van der Waals surface area contributed by atoms with Crippen LogP contribution < -0.4 is 5.48 Å². The number of esters is 1. The number of nitrogens with one attached hydrogen (secondary N) is 1. The van der Waals surface area contributed by atoms with Gasteiger partial charge in [-0.05, 0) is 68.2 Å². The maximum Gasteiger partial charge on any atom is 0.342 e. The smallest absolute Gasteiger partial charge is 0.342 e. The van der Waals surface area contributed by atoms with Crippen LogP contribution in [0.4, 0.5) is 0 Å². The van der Waals surface area contributed by atoms with Gasteiger partial charge in [0.25, 0.3) is 5.91 Å². The molecule has 2 heterocycles. The highest BCUT2D eigenvalue weighted by Crippen LogP contribution is 2.30. The Balaban J connectivity index is 1.83. The number of fused-ring (bicyclic) bond motifs is 1. The van der Waals surface area contributed by atoms with Crippen LogP contribution in [0.25, 0.3) is 6.08 Å². The van der Waals surface area contributed by atoms with Crippen LogP contribution in [0.1, 0.15) is 61.4 Å². The van der Waals surface area contributed by atoms with E-state index in [2.05, 4.69) is 24.6 Å². The number of hydrogen-bond acceptors (Lipinski definition) is 7. The number of piperidine rings is 1. The number of amides is 1. The molecule has 2 aliphatic heterocycles. The van der Waals surface area contributed by atoms with Crippen LogP contribution in [0.15, 0.2) is 42.1 Å². The third kappa shape index (κ3) is 7.66. The van der Waals surface area contributed by atoms with Gasteiger partial charge in [-0.15, -0.1) is 0 Å². The highest BCUT2D eigenvalue weighted by atomic mass is 16.6. The lowest BCUT2D eigenvalue weighted by atomic mass is 10.0. The highest BCUT2D eigenvalue weighted by Gasteiger charge is 2.20. The Labute approximate surface area is 200 Å². The molecule has 1 unspecified atom stereocenters. The number of hydrogen-bond donors (Lipinski definition) is 3. The van der Waals surface area contributed by atoms with Crippen LogP contribution >= 0.6 is 0 Å². The molecule has 0 aliphatic carbocycles. The Morgan fingerprint density at radius 3 is 2.76 bits per heavy atom. The summed E-state index contributed by atoms with van der Waals surface area (Å²) in [6, 6.07) is 2.47. The number of phenolic OH excluding ortho intramolecular Hbond substituents is 2. The molecule has 1 fully saturated rings. The first kappa shape index (κ1) is 25.4. The van der Waals surface area contributed by atoms with Crippen LogP contribution in [-0.4, -0.2) is 53.3 Å². The number of aromatic hydroxyl groups is 2. The second-order valence-corrected chi connectivity index (χ2v) is 8.68. The molecule has 184 valence electrons. The Morgan fingerprint density at radius 1 is 1.18 bits per heavy atom. The number of rotatable bonds is 4. The summed E-state index contributed by atoms with van der Waals surface area (Å²) in [6.45, 7) is 3.67. The van der Waals surface area contributed by atoms with Gasteiger partial charge in [0, 0.05) is 19.2 Å². The molecule has 2 aliphatic rings. The number of carbonyl (C=O) groups is 2. The fourth-order valence-electron chi connectivity index (χ4n) is 3.92. The van der Waals surface area contributed by atoms with Crippen LogP contribution in [-0.2, 0) is 14.4 Å². The SMILES string of the molecule is CC1C=CCCCOC(=O)c2c(O)cc(O)cc2/C=C(\NOCC(=O)N2CCCCC2)C=CC1. The summed E-state index contributed by atoms with van der Waals surface area (Å²) in [5.41, 5.74) is 3.46. The lowest BCUT2D eigenvalue weighted by molar-refractivity contribution is -0.139. The molecule has 0 bridgehead atoms. The number of allylic oxidation sites excluding steroid dienone is 4. The Hall–Kier alpha value is -3.26. The molecule has 3 rings (SSSR count). The van der Waals surface area contributed by atoms with E-state index >= 15 is 0 Å². The fourth-order valence-corrected chi connectivity index (χ4v) is 3.92. The predicted octanol–water partition coefficient (Wildman–Crippen LogP) is 4.06. The molecule has 0 spiro atoms. The lowest BCUT2D eigenvalue weighted by Gasteiger charge is -2.26. The van der Waals surface area contributed by atoms with Gasteiger partial charge in [-0.2, -0.15) is 0 Å². The minimum atomic E-state index is -0.680. The number of hydroxylamine groups is 1.